The molecule has 112 valence electrons. The molecule has 0 amide bonds. The first-order chi connectivity index (χ1) is 9.45. The van der Waals surface area contributed by atoms with E-state index in [1.807, 2.05) is 38.1 Å². The summed E-state index contributed by atoms with van der Waals surface area (Å²) in [6.45, 7) is 5.21. The van der Waals surface area contributed by atoms with Gasteiger partial charge in [0.2, 0.25) is 10.0 Å². The summed E-state index contributed by atoms with van der Waals surface area (Å²) < 4.78 is 26.7. The molecular weight excluding hydrogens is 272 g/mol. The van der Waals surface area contributed by atoms with Crippen LogP contribution in [0.1, 0.15) is 38.2 Å². The molecule has 1 unspecified atom stereocenters. The van der Waals surface area contributed by atoms with Crippen LogP contribution in [0.25, 0.3) is 0 Å². The van der Waals surface area contributed by atoms with E-state index in [0.29, 0.717) is 25.4 Å². The molecule has 0 saturated carbocycles. The van der Waals surface area contributed by atoms with Gasteiger partial charge in [-0.2, -0.15) is 0 Å². The van der Waals surface area contributed by atoms with Gasteiger partial charge in [0.05, 0.1) is 11.4 Å². The normalized spacial score (nSPS) is 18.6. The first-order valence-corrected chi connectivity index (χ1v) is 8.86. The maximum Gasteiger partial charge on any atom is 0.235 e. The Hall–Kier alpha value is -1.07. The second-order valence-corrected chi connectivity index (χ2v) is 7.88. The summed E-state index contributed by atoms with van der Waals surface area (Å²) in [6, 6.07) is 7.79. The number of fused-ring (bicyclic) bond motifs is 1. The van der Waals surface area contributed by atoms with Crippen molar-refractivity contribution in [3.8, 4) is 0 Å². The molecule has 1 atom stereocenters. The highest BCUT2D eigenvalue weighted by Gasteiger charge is 2.34. The molecule has 0 radical (unpaired) electrons. The van der Waals surface area contributed by atoms with Crippen molar-refractivity contribution in [2.45, 2.75) is 32.6 Å². The molecule has 0 saturated heterocycles. The van der Waals surface area contributed by atoms with E-state index in [2.05, 4.69) is 0 Å². The lowest BCUT2D eigenvalue weighted by molar-refractivity contribution is 0.567. The maximum absolute atomic E-state index is 12.5. The summed E-state index contributed by atoms with van der Waals surface area (Å²) in [5.74, 6) is 0.835. The van der Waals surface area contributed by atoms with Crippen LogP contribution in [0.2, 0.25) is 0 Å². The van der Waals surface area contributed by atoms with Crippen LogP contribution < -0.4 is 10.0 Å². The molecule has 1 aromatic rings. The van der Waals surface area contributed by atoms with Crippen molar-refractivity contribution in [3.63, 3.8) is 0 Å². The first-order valence-electron chi connectivity index (χ1n) is 7.25. The van der Waals surface area contributed by atoms with Gasteiger partial charge >= 0.3 is 0 Å². The average molecular weight is 296 g/mol. The monoisotopic (exact) mass is 296 g/mol. The van der Waals surface area contributed by atoms with Crippen LogP contribution in [0, 0.1) is 5.92 Å². The fourth-order valence-corrected chi connectivity index (χ4v) is 4.53. The van der Waals surface area contributed by atoms with Crippen LogP contribution in [0.4, 0.5) is 5.69 Å². The summed E-state index contributed by atoms with van der Waals surface area (Å²) in [6.07, 6.45) is 1.52. The molecule has 0 aliphatic carbocycles. The lowest BCUT2D eigenvalue weighted by atomic mass is 9.98. The Kier molecular flexibility index (Phi) is 4.70. The third-order valence-corrected chi connectivity index (χ3v) is 5.60. The standard InChI is InChI=1S/C15H24N2O2S/c1-12(2)8-10-20(18,19)17-11-13(7-9-16)14-5-3-4-6-15(14)17/h3-6,12-13H,7-11,16H2,1-2H3. The van der Waals surface area contributed by atoms with E-state index < -0.39 is 10.0 Å². The Morgan fingerprint density at radius 3 is 2.70 bits per heavy atom. The Morgan fingerprint density at radius 2 is 2.05 bits per heavy atom. The van der Waals surface area contributed by atoms with E-state index in [1.165, 1.54) is 0 Å². The molecule has 0 fully saturated rings. The molecule has 5 heteroatoms. The fourth-order valence-electron chi connectivity index (χ4n) is 2.66. The highest BCUT2D eigenvalue weighted by atomic mass is 32.2. The Bertz CT molecular complexity index is 555. The number of rotatable bonds is 6. The van der Waals surface area contributed by atoms with Gasteiger partial charge < -0.3 is 5.73 Å². The molecule has 1 aliphatic rings. The van der Waals surface area contributed by atoms with Gasteiger partial charge in [-0.05, 0) is 36.9 Å². The Morgan fingerprint density at radius 1 is 1.35 bits per heavy atom. The molecule has 0 bridgehead atoms. The Labute approximate surface area is 122 Å². The number of nitrogens with two attached hydrogens (primary N) is 1. The van der Waals surface area contributed by atoms with E-state index in [0.717, 1.165) is 17.7 Å². The third-order valence-electron chi connectivity index (χ3n) is 3.84. The van der Waals surface area contributed by atoms with Crippen LogP contribution in [0.3, 0.4) is 0 Å². The number of benzene rings is 1. The van der Waals surface area contributed by atoms with Gasteiger partial charge in [0.15, 0.2) is 0 Å². The van der Waals surface area contributed by atoms with Crippen molar-refractivity contribution in [2.75, 3.05) is 23.1 Å². The highest BCUT2D eigenvalue weighted by Crippen LogP contribution is 2.39. The summed E-state index contributed by atoms with van der Waals surface area (Å²) in [5, 5.41) is 0. The van der Waals surface area contributed by atoms with Crippen molar-refractivity contribution >= 4 is 15.7 Å². The average Bonchev–Trinajstić information content (AvgIpc) is 2.77. The van der Waals surface area contributed by atoms with E-state index in [9.17, 15) is 8.42 Å². The first kappa shape index (κ1) is 15.3. The fraction of sp³-hybridized carbons (Fsp3) is 0.600. The van der Waals surface area contributed by atoms with Crippen molar-refractivity contribution in [1.29, 1.82) is 0 Å². The lowest BCUT2D eigenvalue weighted by Crippen LogP contribution is -2.32. The van der Waals surface area contributed by atoms with Crippen molar-refractivity contribution < 1.29 is 8.42 Å². The minimum absolute atomic E-state index is 0.217. The van der Waals surface area contributed by atoms with Crippen molar-refractivity contribution in [1.82, 2.24) is 0 Å². The van der Waals surface area contributed by atoms with Gasteiger partial charge in [-0.25, -0.2) is 8.42 Å². The van der Waals surface area contributed by atoms with E-state index >= 15 is 0 Å². The summed E-state index contributed by atoms with van der Waals surface area (Å²) in [4.78, 5) is 0. The van der Waals surface area contributed by atoms with Crippen molar-refractivity contribution in [2.24, 2.45) is 11.7 Å². The smallest absolute Gasteiger partial charge is 0.235 e. The molecule has 0 aromatic heterocycles. The van der Waals surface area contributed by atoms with E-state index in [4.69, 9.17) is 5.73 Å². The number of nitrogens with zero attached hydrogens (tertiary/aromatic N) is 1. The quantitative estimate of drug-likeness (QED) is 0.876. The summed E-state index contributed by atoms with van der Waals surface area (Å²) >= 11 is 0. The summed E-state index contributed by atoms with van der Waals surface area (Å²) in [7, 11) is -3.23. The molecule has 20 heavy (non-hydrogen) atoms. The molecule has 1 heterocycles. The molecule has 2 rings (SSSR count). The zero-order valence-corrected chi connectivity index (χ0v) is 13.1. The molecule has 0 spiro atoms. The topological polar surface area (TPSA) is 63.4 Å². The number of sulfonamides is 1. The predicted molar refractivity (Wildman–Crippen MR) is 83.4 cm³/mol. The molecule has 1 aromatic carbocycles. The zero-order chi connectivity index (χ0) is 14.8. The lowest BCUT2D eigenvalue weighted by Gasteiger charge is -2.20. The van der Waals surface area contributed by atoms with Crippen LogP contribution in [-0.2, 0) is 10.0 Å². The van der Waals surface area contributed by atoms with Crippen LogP contribution >= 0.6 is 0 Å². The predicted octanol–water partition coefficient (Wildman–Crippen LogP) is 2.31. The van der Waals surface area contributed by atoms with Crippen LogP contribution in [0.5, 0.6) is 0 Å². The number of hydrogen-bond acceptors (Lipinski definition) is 3. The SMILES string of the molecule is CC(C)CCS(=O)(=O)N1CC(CCN)c2ccccc21. The molecule has 4 nitrogen and oxygen atoms in total. The van der Waals surface area contributed by atoms with Gasteiger partial charge in [-0.3, -0.25) is 4.31 Å². The minimum atomic E-state index is -3.23. The minimum Gasteiger partial charge on any atom is -0.330 e. The zero-order valence-electron chi connectivity index (χ0n) is 12.2. The van der Waals surface area contributed by atoms with Crippen LogP contribution in [-0.4, -0.2) is 27.3 Å². The third kappa shape index (κ3) is 3.15. The largest absolute Gasteiger partial charge is 0.330 e. The van der Waals surface area contributed by atoms with E-state index in [-0.39, 0.29) is 11.7 Å². The van der Waals surface area contributed by atoms with E-state index in [1.54, 1.807) is 4.31 Å². The molecule has 1 aliphatic heterocycles. The number of para-hydroxylation sites is 1. The number of anilines is 1. The molecule has 2 N–H and O–H groups in total. The second-order valence-electron chi connectivity index (χ2n) is 5.86. The second kappa shape index (κ2) is 6.14. The maximum atomic E-state index is 12.5. The van der Waals surface area contributed by atoms with Gasteiger partial charge in [0.1, 0.15) is 0 Å². The van der Waals surface area contributed by atoms with Gasteiger partial charge in [-0.1, -0.05) is 32.0 Å². The van der Waals surface area contributed by atoms with Crippen LogP contribution in [0.15, 0.2) is 24.3 Å². The van der Waals surface area contributed by atoms with Gasteiger partial charge in [0.25, 0.3) is 0 Å². The van der Waals surface area contributed by atoms with Crippen molar-refractivity contribution in [3.05, 3.63) is 29.8 Å². The molecular formula is C15H24N2O2S. The van der Waals surface area contributed by atoms with Gasteiger partial charge in [-0.15, -0.1) is 0 Å². The van der Waals surface area contributed by atoms with Gasteiger partial charge in [0, 0.05) is 12.5 Å². The highest BCUT2D eigenvalue weighted by molar-refractivity contribution is 7.92. The number of hydrogen-bond donors (Lipinski definition) is 1. The Balaban J connectivity index is 2.26. The summed E-state index contributed by atoms with van der Waals surface area (Å²) in [5.41, 5.74) is 7.61.